The maximum atomic E-state index is 9.62. The summed E-state index contributed by atoms with van der Waals surface area (Å²) in [6, 6.07) is 0. The van der Waals surface area contributed by atoms with Crippen LogP contribution in [0.4, 0.5) is 0 Å². The fraction of sp³-hybridized carbons (Fsp3) is 1.00. The SMILES string of the molecule is COCCNCC(O)COC1CCOCC1. The summed E-state index contributed by atoms with van der Waals surface area (Å²) in [5.41, 5.74) is 0. The van der Waals surface area contributed by atoms with Gasteiger partial charge in [0, 0.05) is 33.4 Å². The molecule has 1 heterocycles. The third-order valence-electron chi connectivity index (χ3n) is 2.56. The van der Waals surface area contributed by atoms with Gasteiger partial charge in [0.2, 0.25) is 0 Å². The Hall–Kier alpha value is -0.200. The zero-order chi connectivity index (χ0) is 11.6. The monoisotopic (exact) mass is 233 g/mol. The van der Waals surface area contributed by atoms with Gasteiger partial charge in [0.05, 0.1) is 25.4 Å². The number of hydrogen-bond donors (Lipinski definition) is 2. The van der Waals surface area contributed by atoms with Gasteiger partial charge in [0.1, 0.15) is 0 Å². The summed E-state index contributed by atoms with van der Waals surface area (Å²) in [4.78, 5) is 0. The lowest BCUT2D eigenvalue weighted by Gasteiger charge is -2.23. The van der Waals surface area contributed by atoms with Crippen LogP contribution in [0.2, 0.25) is 0 Å². The van der Waals surface area contributed by atoms with Crippen molar-refractivity contribution in [3.63, 3.8) is 0 Å². The molecule has 0 radical (unpaired) electrons. The highest BCUT2D eigenvalue weighted by Gasteiger charge is 2.15. The Bertz CT molecular complexity index is 162. The van der Waals surface area contributed by atoms with Gasteiger partial charge in [-0.1, -0.05) is 0 Å². The van der Waals surface area contributed by atoms with E-state index in [1.165, 1.54) is 0 Å². The third-order valence-corrected chi connectivity index (χ3v) is 2.56. The highest BCUT2D eigenvalue weighted by molar-refractivity contribution is 4.65. The molecule has 5 heteroatoms. The van der Waals surface area contributed by atoms with Gasteiger partial charge in [0.25, 0.3) is 0 Å². The quantitative estimate of drug-likeness (QED) is 0.568. The van der Waals surface area contributed by atoms with Crippen molar-refractivity contribution < 1.29 is 19.3 Å². The number of hydrogen-bond acceptors (Lipinski definition) is 5. The highest BCUT2D eigenvalue weighted by Crippen LogP contribution is 2.10. The van der Waals surface area contributed by atoms with Gasteiger partial charge in [0.15, 0.2) is 0 Å². The maximum Gasteiger partial charge on any atom is 0.0897 e. The van der Waals surface area contributed by atoms with Crippen molar-refractivity contribution in [2.75, 3.05) is 46.6 Å². The number of ether oxygens (including phenoxy) is 3. The summed E-state index contributed by atoms with van der Waals surface area (Å²) >= 11 is 0. The van der Waals surface area contributed by atoms with Crippen LogP contribution >= 0.6 is 0 Å². The molecule has 1 atom stereocenters. The summed E-state index contributed by atoms with van der Waals surface area (Å²) in [5, 5.41) is 12.7. The summed E-state index contributed by atoms with van der Waals surface area (Å²) in [6.45, 7) is 3.90. The molecule has 0 spiro atoms. The van der Waals surface area contributed by atoms with Crippen molar-refractivity contribution in [1.29, 1.82) is 0 Å². The summed E-state index contributed by atoms with van der Waals surface area (Å²) in [6.07, 6.45) is 1.68. The Kier molecular flexibility index (Phi) is 7.71. The predicted molar refractivity (Wildman–Crippen MR) is 60.5 cm³/mol. The second kappa shape index (κ2) is 8.90. The van der Waals surface area contributed by atoms with Gasteiger partial charge in [-0.05, 0) is 12.8 Å². The molecule has 16 heavy (non-hydrogen) atoms. The summed E-state index contributed by atoms with van der Waals surface area (Å²) in [5.74, 6) is 0. The van der Waals surface area contributed by atoms with Crippen LogP contribution in [0.25, 0.3) is 0 Å². The van der Waals surface area contributed by atoms with E-state index in [-0.39, 0.29) is 6.10 Å². The van der Waals surface area contributed by atoms with Crippen LogP contribution in [0.15, 0.2) is 0 Å². The normalized spacial score (nSPS) is 19.9. The molecule has 1 saturated heterocycles. The van der Waals surface area contributed by atoms with Crippen molar-refractivity contribution in [2.24, 2.45) is 0 Å². The van der Waals surface area contributed by atoms with E-state index in [1.807, 2.05) is 0 Å². The number of nitrogens with one attached hydrogen (secondary N) is 1. The summed E-state index contributed by atoms with van der Waals surface area (Å²) < 4.78 is 15.7. The standard InChI is InChI=1S/C11H23NO4/c1-14-7-4-12-8-10(13)9-16-11-2-5-15-6-3-11/h10-13H,2-9H2,1H3. The lowest BCUT2D eigenvalue weighted by Crippen LogP contribution is -2.34. The minimum atomic E-state index is -0.445. The number of aliphatic hydroxyl groups excluding tert-OH is 1. The zero-order valence-electron chi connectivity index (χ0n) is 9.98. The molecule has 0 aromatic heterocycles. The molecule has 1 fully saturated rings. The van der Waals surface area contributed by atoms with E-state index in [4.69, 9.17) is 14.2 Å². The lowest BCUT2D eigenvalue weighted by molar-refractivity contribution is -0.0586. The fourth-order valence-corrected chi connectivity index (χ4v) is 1.59. The number of rotatable bonds is 8. The van der Waals surface area contributed by atoms with E-state index in [0.29, 0.717) is 19.8 Å². The minimum absolute atomic E-state index is 0.252. The largest absolute Gasteiger partial charge is 0.389 e. The van der Waals surface area contributed by atoms with Gasteiger partial charge in [-0.2, -0.15) is 0 Å². The molecule has 0 aliphatic carbocycles. The van der Waals surface area contributed by atoms with Crippen LogP contribution in [-0.2, 0) is 14.2 Å². The molecule has 2 N–H and O–H groups in total. The molecule has 96 valence electrons. The van der Waals surface area contributed by atoms with Gasteiger partial charge < -0.3 is 24.6 Å². The van der Waals surface area contributed by atoms with Gasteiger partial charge >= 0.3 is 0 Å². The Morgan fingerprint density at radius 1 is 1.44 bits per heavy atom. The van der Waals surface area contributed by atoms with Crippen molar-refractivity contribution >= 4 is 0 Å². The van der Waals surface area contributed by atoms with Crippen LogP contribution in [0.5, 0.6) is 0 Å². The molecule has 1 aliphatic heterocycles. The van der Waals surface area contributed by atoms with Crippen LogP contribution in [-0.4, -0.2) is 63.9 Å². The molecule has 1 rings (SSSR count). The van der Waals surface area contributed by atoms with Crippen molar-refractivity contribution in [3.05, 3.63) is 0 Å². The smallest absolute Gasteiger partial charge is 0.0897 e. The molecule has 1 aliphatic rings. The Balaban J connectivity index is 1.94. The highest BCUT2D eigenvalue weighted by atomic mass is 16.5. The van der Waals surface area contributed by atoms with E-state index in [9.17, 15) is 5.11 Å². The van der Waals surface area contributed by atoms with E-state index in [0.717, 1.165) is 32.6 Å². The zero-order valence-corrected chi connectivity index (χ0v) is 9.98. The van der Waals surface area contributed by atoms with Crippen LogP contribution in [0, 0.1) is 0 Å². The molecule has 0 aromatic rings. The first-order valence-corrected chi connectivity index (χ1v) is 5.90. The van der Waals surface area contributed by atoms with Crippen molar-refractivity contribution in [3.8, 4) is 0 Å². The molecule has 0 saturated carbocycles. The van der Waals surface area contributed by atoms with Crippen LogP contribution in [0.3, 0.4) is 0 Å². The topological polar surface area (TPSA) is 60.0 Å². The van der Waals surface area contributed by atoms with E-state index in [1.54, 1.807) is 7.11 Å². The predicted octanol–water partition coefficient (Wildman–Crippen LogP) is -0.221. The maximum absolute atomic E-state index is 9.62. The molecule has 5 nitrogen and oxygen atoms in total. The second-order valence-electron chi connectivity index (χ2n) is 4.00. The fourth-order valence-electron chi connectivity index (χ4n) is 1.59. The lowest BCUT2D eigenvalue weighted by atomic mass is 10.1. The molecule has 0 amide bonds. The average molecular weight is 233 g/mol. The van der Waals surface area contributed by atoms with E-state index in [2.05, 4.69) is 5.32 Å². The third kappa shape index (κ3) is 6.40. The van der Waals surface area contributed by atoms with E-state index >= 15 is 0 Å². The van der Waals surface area contributed by atoms with Gasteiger partial charge in [-0.3, -0.25) is 0 Å². The molecular formula is C11H23NO4. The average Bonchev–Trinajstić information content (AvgIpc) is 2.33. The second-order valence-corrected chi connectivity index (χ2v) is 4.00. The van der Waals surface area contributed by atoms with Gasteiger partial charge in [-0.25, -0.2) is 0 Å². The molecular weight excluding hydrogens is 210 g/mol. The van der Waals surface area contributed by atoms with E-state index < -0.39 is 6.10 Å². The van der Waals surface area contributed by atoms with Crippen molar-refractivity contribution in [2.45, 2.75) is 25.0 Å². The van der Waals surface area contributed by atoms with Crippen LogP contribution < -0.4 is 5.32 Å². The molecule has 1 unspecified atom stereocenters. The van der Waals surface area contributed by atoms with Crippen molar-refractivity contribution in [1.82, 2.24) is 5.32 Å². The molecule has 0 bridgehead atoms. The first-order chi connectivity index (χ1) is 7.83. The minimum Gasteiger partial charge on any atom is -0.389 e. The number of methoxy groups -OCH3 is 1. The Morgan fingerprint density at radius 3 is 2.88 bits per heavy atom. The van der Waals surface area contributed by atoms with Crippen LogP contribution in [0.1, 0.15) is 12.8 Å². The first kappa shape index (κ1) is 13.9. The first-order valence-electron chi connectivity index (χ1n) is 5.90. The summed E-state index contributed by atoms with van der Waals surface area (Å²) in [7, 11) is 1.66. The van der Waals surface area contributed by atoms with Gasteiger partial charge in [-0.15, -0.1) is 0 Å². The Morgan fingerprint density at radius 2 is 2.19 bits per heavy atom. The number of aliphatic hydroxyl groups is 1. The Labute approximate surface area is 97.1 Å². The molecule has 0 aromatic carbocycles.